The van der Waals surface area contributed by atoms with E-state index >= 15 is 0 Å². The molecule has 6 nitrogen and oxygen atoms in total. The van der Waals surface area contributed by atoms with E-state index in [0.717, 1.165) is 5.56 Å². The number of nitrogens with one attached hydrogen (secondary N) is 2. The molecule has 0 bridgehead atoms. The fourth-order valence-electron chi connectivity index (χ4n) is 2.54. The van der Waals surface area contributed by atoms with E-state index in [1.807, 2.05) is 0 Å². The van der Waals surface area contributed by atoms with Crippen LogP contribution in [0.5, 0.6) is 0 Å². The van der Waals surface area contributed by atoms with Gasteiger partial charge in [-0.3, -0.25) is 14.6 Å². The van der Waals surface area contributed by atoms with Crippen LogP contribution in [0.3, 0.4) is 0 Å². The lowest BCUT2D eigenvalue weighted by Crippen LogP contribution is -2.31. The Morgan fingerprint density at radius 2 is 1.92 bits per heavy atom. The topological polar surface area (TPSA) is 99.9 Å². The molecule has 1 aromatic carbocycles. The van der Waals surface area contributed by atoms with Crippen molar-refractivity contribution in [3.63, 3.8) is 0 Å². The van der Waals surface area contributed by atoms with Gasteiger partial charge in [-0.15, -0.1) is 0 Å². The van der Waals surface area contributed by atoms with Crippen LogP contribution in [0.1, 0.15) is 52.5 Å². The van der Waals surface area contributed by atoms with Crippen molar-refractivity contribution in [1.82, 2.24) is 9.97 Å². The molecule has 0 saturated carbocycles. The van der Waals surface area contributed by atoms with E-state index in [1.54, 1.807) is 39.0 Å². The van der Waals surface area contributed by atoms with E-state index in [1.165, 1.54) is 12.0 Å². The lowest BCUT2D eigenvalue weighted by Gasteiger charge is -2.11. The van der Waals surface area contributed by atoms with Crippen LogP contribution in [0.4, 0.5) is 0 Å². The predicted molar refractivity (Wildman–Crippen MR) is 93.6 cm³/mol. The molecule has 0 aliphatic heterocycles. The Labute approximate surface area is 143 Å². The molecule has 2 rings (SSSR count). The molecule has 0 radical (unpaired) electrons. The summed E-state index contributed by atoms with van der Waals surface area (Å²) in [7, 11) is 0. The summed E-state index contributed by atoms with van der Waals surface area (Å²) in [5, 5.41) is 0. The maximum atomic E-state index is 12.9. The van der Waals surface area contributed by atoms with Gasteiger partial charge in [0, 0.05) is 16.9 Å². The molecule has 1 aromatic heterocycles. The number of carbonyl (C=O) groups is 1. The van der Waals surface area contributed by atoms with Crippen LogP contribution in [-0.2, 0) is 4.79 Å². The smallest absolute Gasteiger partial charge is 0.304 e. The van der Waals surface area contributed by atoms with Crippen LogP contribution in [0.25, 0.3) is 6.08 Å². The van der Waals surface area contributed by atoms with Crippen LogP contribution in [-0.4, -0.2) is 21.7 Å². The van der Waals surface area contributed by atoms with Crippen molar-refractivity contribution in [2.75, 3.05) is 0 Å². The zero-order valence-electron chi connectivity index (χ0n) is 14.0. The number of hydrogen-bond acceptors (Lipinski definition) is 4. The number of aromatic nitrogens is 2. The highest BCUT2D eigenvalue weighted by Gasteiger charge is 2.21. The largest absolute Gasteiger partial charge is 0.326 e. The van der Waals surface area contributed by atoms with Crippen LogP contribution in [0.15, 0.2) is 39.3 Å². The van der Waals surface area contributed by atoms with Gasteiger partial charge in [0.05, 0.1) is 5.69 Å². The minimum atomic E-state index is -0.722. The Morgan fingerprint density at radius 3 is 2.52 bits per heavy atom. The second-order valence-corrected chi connectivity index (χ2v) is 5.77. The maximum absolute atomic E-state index is 12.9. The summed E-state index contributed by atoms with van der Waals surface area (Å²) in [6.45, 7) is 5.28. The quantitative estimate of drug-likeness (QED) is 0.506. The molecular weight excluding hydrogens is 320 g/mol. The van der Waals surface area contributed by atoms with Gasteiger partial charge in [0.15, 0.2) is 5.94 Å². The Bertz CT molecular complexity index is 1070. The van der Waals surface area contributed by atoms with E-state index in [2.05, 4.69) is 21.4 Å². The molecule has 25 heavy (non-hydrogen) atoms. The fraction of sp³-hybridized carbons (Fsp3) is 0.211. The first-order chi connectivity index (χ1) is 11.8. The van der Waals surface area contributed by atoms with Crippen LogP contribution < -0.4 is 11.2 Å². The molecule has 1 heterocycles. The molecule has 126 valence electrons. The molecule has 0 aliphatic carbocycles. The highest BCUT2D eigenvalue weighted by molar-refractivity contribution is 6.09. The second kappa shape index (κ2) is 7.43. The van der Waals surface area contributed by atoms with Gasteiger partial charge in [0.1, 0.15) is 0 Å². The average molecular weight is 336 g/mol. The van der Waals surface area contributed by atoms with Gasteiger partial charge in [-0.1, -0.05) is 37.8 Å². The van der Waals surface area contributed by atoms with Crippen molar-refractivity contribution < 1.29 is 9.59 Å². The van der Waals surface area contributed by atoms with Crippen molar-refractivity contribution in [2.24, 2.45) is 0 Å². The van der Waals surface area contributed by atoms with Gasteiger partial charge in [-0.2, -0.15) is 0 Å². The van der Waals surface area contributed by atoms with E-state index in [4.69, 9.17) is 0 Å². The molecule has 6 heteroatoms. The normalized spacial score (nSPS) is 9.92. The van der Waals surface area contributed by atoms with Crippen molar-refractivity contribution in [3.05, 3.63) is 78.4 Å². The molecule has 0 unspecified atom stereocenters. The van der Waals surface area contributed by atoms with E-state index < -0.39 is 17.0 Å². The molecule has 0 saturated heterocycles. The predicted octanol–water partition coefficient (Wildman–Crippen LogP) is 1.88. The van der Waals surface area contributed by atoms with Gasteiger partial charge >= 0.3 is 5.69 Å². The standard InChI is InChI=1S/C19H16N2O4/c1-11(2)15-16(20-19(25)21-18(15)24)17(23)14-8-7-13(10-12(14)3)6-4-5-9-22/h6-8,10-11H,1-3H3,(H2,20,21,24,25). The van der Waals surface area contributed by atoms with Gasteiger partial charge < -0.3 is 4.98 Å². The number of aryl methyl sites for hydroxylation is 1. The molecule has 2 aromatic rings. The molecule has 0 atom stereocenters. The number of rotatable bonds is 4. The summed E-state index contributed by atoms with van der Waals surface area (Å²) in [4.78, 5) is 51.2. The van der Waals surface area contributed by atoms with E-state index in [9.17, 15) is 19.2 Å². The Morgan fingerprint density at radius 1 is 1.20 bits per heavy atom. The van der Waals surface area contributed by atoms with Crippen molar-refractivity contribution in [2.45, 2.75) is 26.7 Å². The second-order valence-electron chi connectivity index (χ2n) is 5.77. The SMILES string of the molecule is Cc1cc(C=C=C=C=O)ccc1C(=O)c1[nH]c(=O)[nH]c(=O)c1C(C)C. The summed E-state index contributed by atoms with van der Waals surface area (Å²) >= 11 is 0. The number of benzene rings is 1. The lowest BCUT2D eigenvalue weighted by atomic mass is 9.94. The molecular formula is C19H16N2O4. The summed E-state index contributed by atoms with van der Waals surface area (Å²) < 4.78 is 0. The Balaban J connectivity index is 2.59. The maximum Gasteiger partial charge on any atom is 0.326 e. The van der Waals surface area contributed by atoms with Crippen molar-refractivity contribution in [1.29, 1.82) is 0 Å². The third-order valence-corrected chi connectivity index (χ3v) is 3.64. The molecule has 2 N–H and O–H groups in total. The summed E-state index contributed by atoms with van der Waals surface area (Å²) in [5.74, 6) is 0.807. The fourth-order valence-corrected chi connectivity index (χ4v) is 2.54. The highest BCUT2D eigenvalue weighted by atomic mass is 16.2. The first-order valence-electron chi connectivity index (χ1n) is 7.58. The minimum absolute atomic E-state index is 0.000994. The summed E-state index contributed by atoms with van der Waals surface area (Å²) in [6, 6.07) is 4.99. The number of aromatic amines is 2. The molecule has 0 spiro atoms. The van der Waals surface area contributed by atoms with Crippen molar-refractivity contribution in [3.8, 4) is 0 Å². The monoisotopic (exact) mass is 336 g/mol. The third kappa shape index (κ3) is 3.92. The lowest BCUT2D eigenvalue weighted by molar-refractivity contribution is 0.103. The first kappa shape index (κ1) is 17.9. The van der Waals surface area contributed by atoms with E-state index in [-0.39, 0.29) is 17.2 Å². The molecule has 0 aliphatic rings. The van der Waals surface area contributed by atoms with Crippen LogP contribution >= 0.6 is 0 Å². The summed E-state index contributed by atoms with van der Waals surface area (Å²) in [6.07, 6.45) is 1.53. The number of H-pyrrole nitrogens is 2. The average Bonchev–Trinajstić information content (AvgIpc) is 2.53. The Hall–Kier alpha value is -3.42. The number of carbonyl (C=O) groups excluding carboxylic acids is 2. The molecule has 0 amide bonds. The third-order valence-electron chi connectivity index (χ3n) is 3.64. The van der Waals surface area contributed by atoms with Gasteiger partial charge in [-0.05, 0) is 30.0 Å². The zero-order chi connectivity index (χ0) is 18.6. The van der Waals surface area contributed by atoms with Gasteiger partial charge in [0.25, 0.3) is 5.56 Å². The van der Waals surface area contributed by atoms with Gasteiger partial charge in [-0.25, -0.2) is 9.59 Å². The van der Waals surface area contributed by atoms with E-state index in [0.29, 0.717) is 11.1 Å². The number of hydrogen-bond donors (Lipinski definition) is 2. The minimum Gasteiger partial charge on any atom is -0.304 e. The van der Waals surface area contributed by atoms with Crippen LogP contribution in [0.2, 0.25) is 0 Å². The number of ketones is 1. The first-order valence-corrected chi connectivity index (χ1v) is 7.58. The van der Waals surface area contributed by atoms with Crippen LogP contribution in [0, 0.1) is 6.92 Å². The zero-order valence-corrected chi connectivity index (χ0v) is 14.0. The Kier molecular flexibility index (Phi) is 5.33. The summed E-state index contributed by atoms with van der Waals surface area (Å²) in [5.41, 5.74) is 5.38. The van der Waals surface area contributed by atoms with Crippen molar-refractivity contribution >= 4 is 17.8 Å². The highest BCUT2D eigenvalue weighted by Crippen LogP contribution is 2.19. The molecule has 0 fully saturated rings. The van der Waals surface area contributed by atoms with Gasteiger partial charge in [0.2, 0.25) is 5.78 Å².